The Balaban J connectivity index is 2.91. The lowest BCUT2D eigenvalue weighted by atomic mass is 10.1. The van der Waals surface area contributed by atoms with Gasteiger partial charge in [-0.05, 0) is 25.5 Å². The van der Waals surface area contributed by atoms with Gasteiger partial charge in [0, 0.05) is 0 Å². The van der Waals surface area contributed by atoms with Crippen molar-refractivity contribution in [2.75, 3.05) is 18.1 Å². The zero-order valence-corrected chi connectivity index (χ0v) is 11.5. The topological polar surface area (TPSA) is 60.4 Å². The van der Waals surface area contributed by atoms with Crippen LogP contribution in [-0.4, -0.2) is 32.3 Å². The summed E-state index contributed by atoms with van der Waals surface area (Å²) in [5.74, 6) is -0.385. The van der Waals surface area contributed by atoms with E-state index in [4.69, 9.17) is 4.74 Å². The fourth-order valence-electron chi connectivity index (χ4n) is 1.64. The number of benzene rings is 1. The monoisotopic (exact) mass is 270 g/mol. The molecule has 0 atom stereocenters. The maximum absolute atomic E-state index is 12.0. The van der Waals surface area contributed by atoms with Gasteiger partial charge >= 0.3 is 0 Å². The number of Topliss-reactive ketones (excluding diaryl/α,β-unsaturated/α-hetero) is 1. The molecule has 0 aliphatic rings. The van der Waals surface area contributed by atoms with Gasteiger partial charge in [0.05, 0.1) is 17.9 Å². The van der Waals surface area contributed by atoms with Crippen molar-refractivity contribution in [2.24, 2.45) is 0 Å². The Labute approximate surface area is 108 Å². The van der Waals surface area contributed by atoms with Crippen molar-refractivity contribution in [1.82, 2.24) is 0 Å². The first kappa shape index (κ1) is 14.7. The minimum atomic E-state index is -3.32. The van der Waals surface area contributed by atoms with E-state index in [1.165, 1.54) is 0 Å². The molecule has 0 unspecified atom stereocenters. The maximum Gasteiger partial charge on any atom is 0.181 e. The number of para-hydroxylation sites is 1. The van der Waals surface area contributed by atoms with Crippen molar-refractivity contribution in [2.45, 2.75) is 20.3 Å². The minimum Gasteiger partial charge on any atom is -0.493 e. The molecule has 4 nitrogen and oxygen atoms in total. The number of rotatable bonds is 7. The van der Waals surface area contributed by atoms with Gasteiger partial charge in [0.2, 0.25) is 0 Å². The molecule has 1 rings (SSSR count). The number of hydrogen-bond donors (Lipinski definition) is 0. The van der Waals surface area contributed by atoms with Gasteiger partial charge in [-0.25, -0.2) is 8.42 Å². The van der Waals surface area contributed by atoms with E-state index in [2.05, 4.69) is 0 Å². The number of hydrogen-bond acceptors (Lipinski definition) is 4. The summed E-state index contributed by atoms with van der Waals surface area (Å²) in [5, 5.41) is 0. The molecule has 0 spiro atoms. The number of ether oxygens (including phenoxy) is 1. The first-order valence-corrected chi connectivity index (χ1v) is 7.77. The molecular weight excluding hydrogens is 252 g/mol. The van der Waals surface area contributed by atoms with Gasteiger partial charge in [0.1, 0.15) is 11.5 Å². The first-order chi connectivity index (χ1) is 8.50. The van der Waals surface area contributed by atoms with E-state index in [9.17, 15) is 13.2 Å². The van der Waals surface area contributed by atoms with Crippen molar-refractivity contribution < 1.29 is 17.9 Å². The number of carbonyl (C=O) groups is 1. The van der Waals surface area contributed by atoms with Crippen LogP contribution in [0.4, 0.5) is 0 Å². The molecule has 5 heteroatoms. The van der Waals surface area contributed by atoms with Crippen molar-refractivity contribution in [3.63, 3.8) is 0 Å². The maximum atomic E-state index is 12.0. The summed E-state index contributed by atoms with van der Waals surface area (Å²) in [7, 11) is -3.32. The summed E-state index contributed by atoms with van der Waals surface area (Å²) in [4.78, 5) is 12.0. The molecular formula is C13H18O4S. The Morgan fingerprint density at radius 1 is 1.22 bits per heavy atom. The van der Waals surface area contributed by atoms with E-state index < -0.39 is 21.4 Å². The third-order valence-corrected chi connectivity index (χ3v) is 4.09. The fraction of sp³-hybridized carbons (Fsp3) is 0.462. The summed E-state index contributed by atoms with van der Waals surface area (Å²) in [6.45, 7) is 4.03. The van der Waals surface area contributed by atoms with Crippen LogP contribution in [0, 0.1) is 0 Å². The summed E-state index contributed by atoms with van der Waals surface area (Å²) in [6, 6.07) is 6.71. The van der Waals surface area contributed by atoms with E-state index in [1.54, 1.807) is 31.2 Å². The SMILES string of the molecule is CCCS(=O)(=O)CC(=O)c1ccccc1OCC. The molecule has 0 bridgehead atoms. The average Bonchev–Trinajstić information content (AvgIpc) is 2.29. The van der Waals surface area contributed by atoms with Gasteiger partial charge in [0.15, 0.2) is 15.6 Å². The Bertz CT molecular complexity index is 505. The first-order valence-electron chi connectivity index (χ1n) is 5.95. The van der Waals surface area contributed by atoms with Crippen LogP contribution in [0.5, 0.6) is 5.75 Å². The lowest BCUT2D eigenvalue weighted by Crippen LogP contribution is -2.19. The zero-order valence-electron chi connectivity index (χ0n) is 10.7. The largest absolute Gasteiger partial charge is 0.493 e. The quantitative estimate of drug-likeness (QED) is 0.712. The highest BCUT2D eigenvalue weighted by Gasteiger charge is 2.19. The highest BCUT2D eigenvalue weighted by Crippen LogP contribution is 2.19. The molecule has 0 aromatic heterocycles. The molecule has 100 valence electrons. The summed E-state index contributed by atoms with van der Waals surface area (Å²) < 4.78 is 28.6. The highest BCUT2D eigenvalue weighted by atomic mass is 32.2. The Morgan fingerprint density at radius 3 is 2.50 bits per heavy atom. The van der Waals surface area contributed by atoms with Crippen molar-refractivity contribution in [3.05, 3.63) is 29.8 Å². The van der Waals surface area contributed by atoms with Gasteiger partial charge in [-0.3, -0.25) is 4.79 Å². The van der Waals surface area contributed by atoms with Crippen LogP contribution in [0.15, 0.2) is 24.3 Å². The summed E-state index contributed by atoms with van der Waals surface area (Å²) in [5.41, 5.74) is 0.332. The Morgan fingerprint density at radius 2 is 1.89 bits per heavy atom. The number of ketones is 1. The second-order valence-electron chi connectivity index (χ2n) is 3.94. The third kappa shape index (κ3) is 4.14. The minimum absolute atomic E-state index is 0.0372. The van der Waals surface area contributed by atoms with Gasteiger partial charge in [-0.2, -0.15) is 0 Å². The third-order valence-electron chi connectivity index (χ3n) is 2.35. The molecule has 0 aliphatic carbocycles. The van der Waals surface area contributed by atoms with E-state index >= 15 is 0 Å². The molecule has 0 radical (unpaired) electrons. The van der Waals surface area contributed by atoms with Crippen LogP contribution >= 0.6 is 0 Å². The molecule has 0 N–H and O–H groups in total. The molecule has 0 fully saturated rings. The Kier molecular flexibility index (Phi) is 5.34. The van der Waals surface area contributed by atoms with Gasteiger partial charge < -0.3 is 4.74 Å². The van der Waals surface area contributed by atoms with E-state index in [0.717, 1.165) is 0 Å². The van der Waals surface area contributed by atoms with Gasteiger partial charge in [0.25, 0.3) is 0 Å². The molecule has 1 aromatic carbocycles. The Hall–Kier alpha value is -1.36. The predicted molar refractivity (Wildman–Crippen MR) is 70.9 cm³/mol. The number of carbonyl (C=O) groups excluding carboxylic acids is 1. The molecule has 0 aliphatic heterocycles. The normalized spacial score (nSPS) is 11.2. The van der Waals surface area contributed by atoms with Crippen LogP contribution in [0.1, 0.15) is 30.6 Å². The van der Waals surface area contributed by atoms with Gasteiger partial charge in [-0.1, -0.05) is 19.1 Å². The zero-order chi connectivity index (χ0) is 13.6. The van der Waals surface area contributed by atoms with Crippen LogP contribution in [0.3, 0.4) is 0 Å². The fourth-order valence-corrected chi connectivity index (χ4v) is 2.96. The van der Waals surface area contributed by atoms with Crippen molar-refractivity contribution >= 4 is 15.6 Å². The van der Waals surface area contributed by atoms with Crippen molar-refractivity contribution in [1.29, 1.82) is 0 Å². The predicted octanol–water partition coefficient (Wildman–Crippen LogP) is 2.09. The summed E-state index contributed by atoms with van der Waals surface area (Å²) >= 11 is 0. The molecule has 1 aromatic rings. The molecule has 0 amide bonds. The van der Waals surface area contributed by atoms with Gasteiger partial charge in [-0.15, -0.1) is 0 Å². The molecule has 0 saturated heterocycles. The van der Waals surface area contributed by atoms with Crippen LogP contribution in [0.2, 0.25) is 0 Å². The highest BCUT2D eigenvalue weighted by molar-refractivity contribution is 7.92. The lowest BCUT2D eigenvalue weighted by molar-refractivity contribution is 0.101. The number of sulfone groups is 1. The molecule has 18 heavy (non-hydrogen) atoms. The van der Waals surface area contributed by atoms with Crippen LogP contribution in [-0.2, 0) is 9.84 Å². The van der Waals surface area contributed by atoms with Crippen LogP contribution < -0.4 is 4.74 Å². The lowest BCUT2D eigenvalue weighted by Gasteiger charge is -2.09. The van der Waals surface area contributed by atoms with E-state index in [-0.39, 0.29) is 5.75 Å². The molecule has 0 saturated carbocycles. The van der Waals surface area contributed by atoms with E-state index in [1.807, 2.05) is 6.92 Å². The smallest absolute Gasteiger partial charge is 0.181 e. The van der Waals surface area contributed by atoms with Crippen LogP contribution in [0.25, 0.3) is 0 Å². The standard InChI is InChI=1S/C13H18O4S/c1-3-9-18(15,16)10-12(14)11-7-5-6-8-13(11)17-4-2/h5-8H,3-4,9-10H2,1-2H3. The summed E-state index contributed by atoms with van der Waals surface area (Å²) in [6.07, 6.45) is 0.517. The van der Waals surface area contributed by atoms with E-state index in [0.29, 0.717) is 24.3 Å². The average molecular weight is 270 g/mol. The second kappa shape index (κ2) is 6.54. The molecule has 0 heterocycles. The van der Waals surface area contributed by atoms with Crippen molar-refractivity contribution in [3.8, 4) is 5.75 Å². The second-order valence-corrected chi connectivity index (χ2v) is 6.13.